The molecule has 3 nitrogen and oxygen atoms in total. The number of alkyl halides is 3. The van der Waals surface area contributed by atoms with Gasteiger partial charge in [-0.15, -0.1) is 13.2 Å². The number of halogens is 5. The van der Waals surface area contributed by atoms with E-state index in [0.29, 0.717) is 4.47 Å². The molecule has 0 saturated carbocycles. The lowest BCUT2D eigenvalue weighted by Gasteiger charge is -2.09. The normalized spacial score (nSPS) is 10.9. The van der Waals surface area contributed by atoms with Gasteiger partial charge in [-0.05, 0) is 44.6 Å². The minimum Gasteiger partial charge on any atom is -0.387 e. The monoisotopic (exact) mass is 392 g/mol. The molecule has 0 spiro atoms. The Kier molecular flexibility index (Phi) is 3.77. The molecule has 0 amide bonds. The van der Waals surface area contributed by atoms with E-state index in [1.165, 1.54) is 6.07 Å². The third kappa shape index (κ3) is 3.49. The maximum Gasteiger partial charge on any atom is 0.574 e. The van der Waals surface area contributed by atoms with Crippen molar-refractivity contribution in [1.82, 2.24) is 4.98 Å². The van der Waals surface area contributed by atoms with Gasteiger partial charge >= 0.3 is 6.36 Å². The average molecular weight is 393 g/mol. The van der Waals surface area contributed by atoms with E-state index in [9.17, 15) is 13.2 Å². The topological polar surface area (TPSA) is 45.9 Å². The zero-order chi connectivity index (χ0) is 11.6. The molecule has 0 atom stereocenters. The molecule has 0 aliphatic heterocycles. The molecule has 0 fully saturated rings. The largest absolute Gasteiger partial charge is 0.574 e. The highest BCUT2D eigenvalue weighted by molar-refractivity contribution is 14.1. The van der Waals surface area contributed by atoms with Gasteiger partial charge in [0.25, 0.3) is 0 Å². The second-order valence-electron chi connectivity index (χ2n) is 2.27. The Balaban J connectivity index is 3.15. The lowest BCUT2D eigenvalue weighted by atomic mass is 10.4. The summed E-state index contributed by atoms with van der Waals surface area (Å²) in [7, 11) is 0. The molecule has 0 aromatic carbocycles. The van der Waals surface area contributed by atoms with Crippen LogP contribution in [0.1, 0.15) is 5.69 Å². The first-order valence-corrected chi connectivity index (χ1v) is 5.22. The second-order valence-corrected chi connectivity index (χ2v) is 4.28. The average Bonchev–Trinajstić information content (AvgIpc) is 2.07. The number of hydrogen-bond acceptors (Lipinski definition) is 3. The molecule has 0 N–H and O–H groups in total. The van der Waals surface area contributed by atoms with Gasteiger partial charge in [-0.25, -0.2) is 4.98 Å². The van der Waals surface area contributed by atoms with Crippen molar-refractivity contribution in [1.29, 1.82) is 5.26 Å². The highest BCUT2D eigenvalue weighted by atomic mass is 127. The van der Waals surface area contributed by atoms with E-state index in [2.05, 4.69) is 25.7 Å². The van der Waals surface area contributed by atoms with Gasteiger partial charge in [0.2, 0.25) is 5.88 Å². The van der Waals surface area contributed by atoms with Gasteiger partial charge in [0.1, 0.15) is 6.07 Å². The number of ether oxygens (including phenoxy) is 1. The molecule has 1 aromatic heterocycles. The molecule has 8 heteroatoms. The number of aromatic nitrogens is 1. The second kappa shape index (κ2) is 4.52. The van der Waals surface area contributed by atoms with Gasteiger partial charge < -0.3 is 4.74 Å². The van der Waals surface area contributed by atoms with Gasteiger partial charge in [-0.1, -0.05) is 0 Å². The van der Waals surface area contributed by atoms with E-state index < -0.39 is 12.2 Å². The minimum atomic E-state index is -4.81. The Bertz CT molecular complexity index is 429. The summed E-state index contributed by atoms with van der Waals surface area (Å²) in [6, 6.07) is 2.97. The zero-order valence-electron chi connectivity index (χ0n) is 6.77. The quantitative estimate of drug-likeness (QED) is 0.689. The van der Waals surface area contributed by atoms with Crippen LogP contribution in [0.3, 0.4) is 0 Å². The SMILES string of the molecule is N#Cc1nc(OC(F)(F)F)c(I)cc1Br. The van der Waals surface area contributed by atoms with Gasteiger partial charge in [-0.3, -0.25) is 0 Å². The molecule has 0 unspecified atom stereocenters. The number of nitrogens with zero attached hydrogens (tertiary/aromatic N) is 2. The van der Waals surface area contributed by atoms with Crippen LogP contribution in [-0.4, -0.2) is 11.3 Å². The Labute approximate surface area is 105 Å². The van der Waals surface area contributed by atoms with E-state index in [1.807, 2.05) is 0 Å². The number of pyridine rings is 1. The molecular weight excluding hydrogens is 392 g/mol. The first kappa shape index (κ1) is 12.5. The first-order valence-electron chi connectivity index (χ1n) is 3.35. The van der Waals surface area contributed by atoms with Crippen molar-refractivity contribution in [3.63, 3.8) is 0 Å². The van der Waals surface area contributed by atoms with Crippen molar-refractivity contribution < 1.29 is 17.9 Å². The third-order valence-corrected chi connectivity index (χ3v) is 2.59. The van der Waals surface area contributed by atoms with Crippen molar-refractivity contribution >= 4 is 38.5 Å². The Morgan fingerprint density at radius 3 is 2.60 bits per heavy atom. The van der Waals surface area contributed by atoms with Crippen LogP contribution in [-0.2, 0) is 0 Å². The molecule has 1 aromatic rings. The molecule has 15 heavy (non-hydrogen) atoms. The lowest BCUT2D eigenvalue weighted by molar-refractivity contribution is -0.276. The summed E-state index contributed by atoms with van der Waals surface area (Å²) in [6.07, 6.45) is -4.81. The Hall–Kier alpha value is -0.560. The van der Waals surface area contributed by atoms with Crippen molar-refractivity contribution in [2.45, 2.75) is 6.36 Å². The highest BCUT2D eigenvalue weighted by Crippen LogP contribution is 2.29. The third-order valence-electron chi connectivity index (χ3n) is 1.22. The van der Waals surface area contributed by atoms with E-state index in [0.717, 1.165) is 0 Å². The van der Waals surface area contributed by atoms with Gasteiger partial charge in [0.05, 0.1) is 8.04 Å². The molecule has 80 valence electrons. The minimum absolute atomic E-state index is 0.158. The fourth-order valence-corrected chi connectivity index (χ4v) is 2.09. The maximum absolute atomic E-state index is 11.9. The summed E-state index contributed by atoms with van der Waals surface area (Å²) in [5.41, 5.74) is -0.158. The predicted octanol–water partition coefficient (Wildman–Crippen LogP) is 3.22. The molecule has 0 saturated heterocycles. The van der Waals surface area contributed by atoms with Crippen LogP contribution in [0.25, 0.3) is 0 Å². The number of nitriles is 1. The fraction of sp³-hybridized carbons (Fsp3) is 0.143. The Morgan fingerprint density at radius 2 is 2.13 bits per heavy atom. The van der Waals surface area contributed by atoms with Crippen LogP contribution in [0.15, 0.2) is 10.5 Å². The van der Waals surface area contributed by atoms with Crippen molar-refractivity contribution in [3.8, 4) is 11.9 Å². The lowest BCUT2D eigenvalue weighted by Crippen LogP contribution is -2.19. The van der Waals surface area contributed by atoms with E-state index in [-0.39, 0.29) is 9.26 Å². The summed E-state index contributed by atoms with van der Waals surface area (Å²) in [4.78, 5) is 3.42. The van der Waals surface area contributed by atoms with Gasteiger partial charge in [-0.2, -0.15) is 5.26 Å². The molecule has 0 radical (unpaired) electrons. The zero-order valence-corrected chi connectivity index (χ0v) is 10.5. The smallest absolute Gasteiger partial charge is 0.387 e. The van der Waals surface area contributed by atoms with Gasteiger partial charge in [0, 0.05) is 0 Å². The summed E-state index contributed by atoms with van der Waals surface area (Å²) < 4.78 is 39.8. The van der Waals surface area contributed by atoms with Crippen LogP contribution in [0.5, 0.6) is 5.88 Å². The number of hydrogen-bond donors (Lipinski definition) is 0. The summed E-state index contributed by atoms with van der Waals surface area (Å²) in [5, 5.41) is 8.55. The molecule has 1 heterocycles. The van der Waals surface area contributed by atoms with E-state index in [1.54, 1.807) is 28.7 Å². The first-order chi connectivity index (χ1) is 6.83. The molecule has 1 rings (SSSR count). The standard InChI is InChI=1S/C7HBrF3IN2O/c8-3-1-4(12)6(14-5(3)2-13)15-7(9,10)11/h1H. The van der Waals surface area contributed by atoms with Crippen LogP contribution in [0.2, 0.25) is 0 Å². The highest BCUT2D eigenvalue weighted by Gasteiger charge is 2.33. The predicted molar refractivity (Wildman–Crippen MR) is 56.1 cm³/mol. The van der Waals surface area contributed by atoms with Crippen LogP contribution in [0, 0.1) is 14.9 Å². The maximum atomic E-state index is 11.9. The Morgan fingerprint density at radius 1 is 1.53 bits per heavy atom. The fourth-order valence-electron chi connectivity index (χ4n) is 0.709. The summed E-state index contributed by atoms with van der Waals surface area (Å²) >= 11 is 4.63. The van der Waals surface area contributed by atoms with Crippen LogP contribution in [0.4, 0.5) is 13.2 Å². The molecule has 0 aliphatic rings. The summed E-state index contributed by atoms with van der Waals surface area (Å²) in [5.74, 6) is -0.622. The van der Waals surface area contributed by atoms with E-state index in [4.69, 9.17) is 5.26 Å². The molecule has 0 aliphatic carbocycles. The van der Waals surface area contributed by atoms with Crippen molar-refractivity contribution in [3.05, 3.63) is 19.8 Å². The van der Waals surface area contributed by atoms with Crippen molar-refractivity contribution in [2.75, 3.05) is 0 Å². The van der Waals surface area contributed by atoms with Crippen molar-refractivity contribution in [2.24, 2.45) is 0 Å². The van der Waals surface area contributed by atoms with Crippen LogP contribution < -0.4 is 4.74 Å². The molecule has 0 bridgehead atoms. The molecular formula is C7HBrF3IN2O. The van der Waals surface area contributed by atoms with E-state index >= 15 is 0 Å². The summed E-state index contributed by atoms with van der Waals surface area (Å²) in [6.45, 7) is 0. The van der Waals surface area contributed by atoms with Crippen LogP contribution >= 0.6 is 38.5 Å². The number of rotatable bonds is 1. The van der Waals surface area contributed by atoms with Gasteiger partial charge in [0.15, 0.2) is 5.69 Å².